The minimum atomic E-state index is 0.320. The summed E-state index contributed by atoms with van der Waals surface area (Å²) in [6, 6.07) is 1.94. The van der Waals surface area contributed by atoms with Gasteiger partial charge < -0.3 is 0 Å². The first-order chi connectivity index (χ1) is 5.27. The highest BCUT2D eigenvalue weighted by Gasteiger charge is 2.03. The first kappa shape index (κ1) is 7.70. The van der Waals surface area contributed by atoms with Gasteiger partial charge in [0.15, 0.2) is 0 Å². The summed E-state index contributed by atoms with van der Waals surface area (Å²) in [4.78, 5) is 8.08. The Hall–Kier alpha value is 0.0600. The third-order valence-corrected chi connectivity index (χ3v) is 3.46. The molecule has 2 aromatic rings. The van der Waals surface area contributed by atoms with E-state index in [1.165, 1.54) is 0 Å². The molecule has 2 rings (SSSR count). The SMILES string of the molecule is Clc1nc(I)c2sccc2n1. The Morgan fingerprint density at radius 3 is 3.09 bits per heavy atom. The number of halogens is 2. The van der Waals surface area contributed by atoms with E-state index in [4.69, 9.17) is 11.6 Å². The number of fused-ring (bicyclic) bond motifs is 1. The van der Waals surface area contributed by atoms with Crippen molar-refractivity contribution >= 4 is 55.7 Å². The van der Waals surface area contributed by atoms with E-state index in [9.17, 15) is 0 Å². The second-order valence-corrected chi connectivity index (χ2v) is 4.19. The van der Waals surface area contributed by atoms with Crippen molar-refractivity contribution in [3.05, 3.63) is 20.4 Å². The lowest BCUT2D eigenvalue weighted by atomic mass is 10.5. The molecule has 2 aromatic heterocycles. The van der Waals surface area contributed by atoms with Crippen molar-refractivity contribution in [1.29, 1.82) is 0 Å². The van der Waals surface area contributed by atoms with Crippen molar-refractivity contribution in [3.8, 4) is 0 Å². The summed E-state index contributed by atoms with van der Waals surface area (Å²) in [6.45, 7) is 0. The number of aromatic nitrogens is 2. The molecule has 0 bridgehead atoms. The summed E-state index contributed by atoms with van der Waals surface area (Å²) in [6.07, 6.45) is 0. The summed E-state index contributed by atoms with van der Waals surface area (Å²) < 4.78 is 2.03. The van der Waals surface area contributed by atoms with Crippen LogP contribution in [-0.2, 0) is 0 Å². The van der Waals surface area contributed by atoms with E-state index < -0.39 is 0 Å². The van der Waals surface area contributed by atoms with Crippen molar-refractivity contribution in [2.45, 2.75) is 0 Å². The van der Waals surface area contributed by atoms with Crippen LogP contribution in [0.1, 0.15) is 0 Å². The number of hydrogen-bond donors (Lipinski definition) is 0. The molecule has 0 aliphatic heterocycles. The van der Waals surface area contributed by atoms with Crippen molar-refractivity contribution in [3.63, 3.8) is 0 Å². The molecule has 0 aliphatic rings. The lowest BCUT2D eigenvalue weighted by molar-refractivity contribution is 1.20. The highest BCUT2D eigenvalue weighted by molar-refractivity contribution is 14.1. The first-order valence-electron chi connectivity index (χ1n) is 2.83. The van der Waals surface area contributed by atoms with Gasteiger partial charge in [0.25, 0.3) is 0 Å². The standard InChI is InChI=1S/C6H2ClIN2S/c7-6-9-3-1-2-11-4(3)5(8)10-6/h1-2H. The van der Waals surface area contributed by atoms with E-state index in [1.54, 1.807) is 11.3 Å². The van der Waals surface area contributed by atoms with Crippen molar-refractivity contribution in [1.82, 2.24) is 9.97 Å². The van der Waals surface area contributed by atoms with Crippen LogP contribution in [0.5, 0.6) is 0 Å². The van der Waals surface area contributed by atoms with Gasteiger partial charge in [-0.2, -0.15) is 0 Å². The van der Waals surface area contributed by atoms with Gasteiger partial charge >= 0.3 is 0 Å². The molecule has 56 valence electrons. The van der Waals surface area contributed by atoms with E-state index in [1.807, 2.05) is 11.4 Å². The van der Waals surface area contributed by atoms with Gasteiger partial charge in [0.2, 0.25) is 5.28 Å². The molecular weight excluding hydrogens is 295 g/mol. The first-order valence-corrected chi connectivity index (χ1v) is 5.17. The fourth-order valence-corrected chi connectivity index (χ4v) is 2.72. The van der Waals surface area contributed by atoms with Crippen LogP contribution in [0.15, 0.2) is 11.4 Å². The topological polar surface area (TPSA) is 25.8 Å². The van der Waals surface area contributed by atoms with Gasteiger partial charge in [-0.3, -0.25) is 0 Å². The van der Waals surface area contributed by atoms with Crippen LogP contribution in [0.4, 0.5) is 0 Å². The fraction of sp³-hybridized carbons (Fsp3) is 0. The predicted molar refractivity (Wildman–Crippen MR) is 55.1 cm³/mol. The Labute approximate surface area is 85.8 Å². The van der Waals surface area contributed by atoms with E-state index in [0.29, 0.717) is 5.28 Å². The molecule has 0 unspecified atom stereocenters. The summed E-state index contributed by atoms with van der Waals surface area (Å²) in [5.74, 6) is 0. The van der Waals surface area contributed by atoms with Gasteiger partial charge in [-0.05, 0) is 45.6 Å². The molecule has 2 nitrogen and oxygen atoms in total. The predicted octanol–water partition coefficient (Wildman–Crippen LogP) is 2.95. The molecule has 0 aromatic carbocycles. The molecule has 0 saturated heterocycles. The van der Waals surface area contributed by atoms with Crippen LogP contribution >= 0.6 is 45.5 Å². The molecule has 2 heterocycles. The Morgan fingerprint density at radius 1 is 1.45 bits per heavy atom. The summed E-state index contributed by atoms with van der Waals surface area (Å²) in [7, 11) is 0. The Bertz CT molecular complexity index is 400. The lowest BCUT2D eigenvalue weighted by Gasteiger charge is -1.92. The molecule has 0 spiro atoms. The van der Waals surface area contributed by atoms with Crippen molar-refractivity contribution in [2.24, 2.45) is 0 Å². The maximum Gasteiger partial charge on any atom is 0.224 e. The zero-order chi connectivity index (χ0) is 7.84. The minimum absolute atomic E-state index is 0.320. The summed E-state index contributed by atoms with van der Waals surface area (Å²) in [5, 5.41) is 2.30. The largest absolute Gasteiger partial charge is 0.224 e. The quantitative estimate of drug-likeness (QED) is 0.424. The van der Waals surface area contributed by atoms with Crippen LogP contribution in [0.3, 0.4) is 0 Å². The van der Waals surface area contributed by atoms with Gasteiger partial charge in [-0.1, -0.05) is 0 Å². The van der Waals surface area contributed by atoms with Crippen molar-refractivity contribution in [2.75, 3.05) is 0 Å². The molecular formula is C6H2ClIN2S. The molecule has 11 heavy (non-hydrogen) atoms. The van der Waals surface area contributed by atoms with Gasteiger partial charge in [-0.25, -0.2) is 9.97 Å². The van der Waals surface area contributed by atoms with Crippen molar-refractivity contribution < 1.29 is 0 Å². The normalized spacial score (nSPS) is 10.7. The molecule has 0 N–H and O–H groups in total. The highest BCUT2D eigenvalue weighted by Crippen LogP contribution is 2.24. The molecule has 5 heteroatoms. The average Bonchev–Trinajstić information content (AvgIpc) is 2.34. The number of nitrogens with zero attached hydrogens (tertiary/aromatic N) is 2. The molecule has 0 saturated carbocycles. The minimum Gasteiger partial charge on any atom is -0.217 e. The van der Waals surface area contributed by atoms with Crippen LogP contribution in [0, 0.1) is 3.70 Å². The Balaban J connectivity index is 2.91. The second-order valence-electron chi connectivity index (χ2n) is 1.92. The van der Waals surface area contributed by atoms with Gasteiger partial charge in [0, 0.05) is 0 Å². The average molecular weight is 297 g/mol. The van der Waals surface area contributed by atoms with Crippen LogP contribution in [-0.4, -0.2) is 9.97 Å². The number of thiophene rings is 1. The maximum atomic E-state index is 5.66. The third-order valence-electron chi connectivity index (χ3n) is 1.23. The number of hydrogen-bond acceptors (Lipinski definition) is 3. The Kier molecular flexibility index (Phi) is 1.98. The maximum absolute atomic E-state index is 5.66. The molecule has 0 amide bonds. The van der Waals surface area contributed by atoms with Crippen LogP contribution < -0.4 is 0 Å². The molecule has 0 aliphatic carbocycles. The molecule has 0 radical (unpaired) electrons. The zero-order valence-electron chi connectivity index (χ0n) is 5.21. The third kappa shape index (κ3) is 1.34. The zero-order valence-corrected chi connectivity index (χ0v) is 8.94. The van der Waals surface area contributed by atoms with E-state index in [0.717, 1.165) is 13.9 Å². The molecule has 0 fully saturated rings. The van der Waals surface area contributed by atoms with Gasteiger partial charge in [0.1, 0.15) is 3.70 Å². The fourth-order valence-electron chi connectivity index (χ4n) is 0.801. The number of rotatable bonds is 0. The van der Waals surface area contributed by atoms with E-state index in [-0.39, 0.29) is 0 Å². The van der Waals surface area contributed by atoms with Gasteiger partial charge in [0.05, 0.1) is 10.2 Å². The monoisotopic (exact) mass is 296 g/mol. The second kappa shape index (κ2) is 2.84. The Morgan fingerprint density at radius 2 is 2.27 bits per heavy atom. The van der Waals surface area contributed by atoms with Crippen LogP contribution in [0.25, 0.3) is 10.2 Å². The highest BCUT2D eigenvalue weighted by atomic mass is 127. The molecule has 0 atom stereocenters. The van der Waals surface area contributed by atoms with Gasteiger partial charge in [-0.15, -0.1) is 11.3 Å². The smallest absolute Gasteiger partial charge is 0.217 e. The van der Waals surface area contributed by atoms with E-state index in [2.05, 4.69) is 32.6 Å². The summed E-state index contributed by atoms with van der Waals surface area (Å²) >= 11 is 9.45. The van der Waals surface area contributed by atoms with E-state index >= 15 is 0 Å². The van der Waals surface area contributed by atoms with Crippen LogP contribution in [0.2, 0.25) is 5.28 Å². The summed E-state index contributed by atoms with van der Waals surface area (Å²) in [5.41, 5.74) is 0.930. The lowest BCUT2D eigenvalue weighted by Crippen LogP contribution is -1.84.